The third-order valence-electron chi connectivity index (χ3n) is 3.62. The minimum atomic E-state index is -0.211. The molecular formula is C16H15N5O2. The number of hydrogen-bond donors (Lipinski definition) is 2. The van der Waals surface area contributed by atoms with Crippen molar-refractivity contribution < 1.29 is 9.52 Å². The lowest BCUT2D eigenvalue weighted by molar-refractivity contribution is 0.248. The van der Waals surface area contributed by atoms with E-state index in [1.807, 2.05) is 20.2 Å². The van der Waals surface area contributed by atoms with Crippen LogP contribution in [0.3, 0.4) is 0 Å². The van der Waals surface area contributed by atoms with Crippen molar-refractivity contribution in [1.29, 1.82) is 5.26 Å². The maximum atomic E-state index is 9.44. The molecule has 3 aromatic heterocycles. The van der Waals surface area contributed by atoms with Crippen LogP contribution in [0.1, 0.15) is 16.9 Å². The number of pyridine rings is 1. The average Bonchev–Trinajstić information content (AvgIpc) is 3.17. The van der Waals surface area contributed by atoms with Gasteiger partial charge in [0.2, 0.25) is 0 Å². The fourth-order valence-corrected chi connectivity index (χ4v) is 2.54. The van der Waals surface area contributed by atoms with Gasteiger partial charge in [0.25, 0.3) is 0 Å². The number of furan rings is 1. The van der Waals surface area contributed by atoms with E-state index >= 15 is 0 Å². The number of aromatic nitrogens is 3. The van der Waals surface area contributed by atoms with E-state index in [2.05, 4.69) is 16.2 Å². The first-order valence-corrected chi connectivity index (χ1v) is 6.94. The number of anilines is 1. The number of nitrogens with two attached hydrogens (primary N) is 1. The van der Waals surface area contributed by atoms with Gasteiger partial charge < -0.3 is 15.3 Å². The Morgan fingerprint density at radius 2 is 2.22 bits per heavy atom. The van der Waals surface area contributed by atoms with E-state index in [1.54, 1.807) is 23.0 Å². The van der Waals surface area contributed by atoms with Crippen LogP contribution in [0.15, 0.2) is 28.9 Å². The SMILES string of the molecule is Cc1c(-c2cnn(C)c2)nc(N)c(C#N)c1-c1ccc(CO)o1. The summed E-state index contributed by atoms with van der Waals surface area (Å²) in [5.41, 5.74) is 9.02. The second-order valence-corrected chi connectivity index (χ2v) is 5.16. The van der Waals surface area contributed by atoms with Crippen molar-refractivity contribution in [3.05, 3.63) is 41.4 Å². The number of rotatable bonds is 3. The van der Waals surface area contributed by atoms with Crippen molar-refractivity contribution in [3.63, 3.8) is 0 Å². The standard InChI is InChI=1S/C16H15N5O2/c1-9-14(13-4-3-11(8-22)23-13)12(5-17)16(18)20-15(9)10-6-19-21(2)7-10/h3-4,6-7,22H,8H2,1-2H3,(H2,18,20). The molecule has 0 aliphatic rings. The van der Waals surface area contributed by atoms with E-state index in [-0.39, 0.29) is 18.0 Å². The molecule has 0 saturated heterocycles. The molecule has 3 heterocycles. The van der Waals surface area contributed by atoms with Gasteiger partial charge in [-0.2, -0.15) is 10.4 Å². The van der Waals surface area contributed by atoms with E-state index in [4.69, 9.17) is 10.2 Å². The third kappa shape index (κ3) is 2.45. The first kappa shape index (κ1) is 14.8. The van der Waals surface area contributed by atoms with Crippen LogP contribution < -0.4 is 5.73 Å². The van der Waals surface area contributed by atoms with Crippen molar-refractivity contribution in [2.75, 3.05) is 5.73 Å². The summed E-state index contributed by atoms with van der Waals surface area (Å²) in [4.78, 5) is 4.35. The van der Waals surface area contributed by atoms with Crippen LogP contribution in [0, 0.1) is 18.3 Å². The van der Waals surface area contributed by atoms with Gasteiger partial charge in [0, 0.05) is 24.4 Å². The second-order valence-electron chi connectivity index (χ2n) is 5.16. The van der Waals surface area contributed by atoms with Gasteiger partial charge in [-0.15, -0.1) is 0 Å². The summed E-state index contributed by atoms with van der Waals surface area (Å²) >= 11 is 0. The van der Waals surface area contributed by atoms with Crippen LogP contribution >= 0.6 is 0 Å². The topological polar surface area (TPSA) is 114 Å². The van der Waals surface area contributed by atoms with E-state index < -0.39 is 0 Å². The third-order valence-corrected chi connectivity index (χ3v) is 3.62. The smallest absolute Gasteiger partial charge is 0.142 e. The van der Waals surface area contributed by atoms with E-state index in [9.17, 15) is 10.4 Å². The summed E-state index contributed by atoms with van der Waals surface area (Å²) in [5.74, 6) is 1.03. The normalized spacial score (nSPS) is 10.7. The van der Waals surface area contributed by atoms with E-state index in [0.29, 0.717) is 22.8 Å². The van der Waals surface area contributed by atoms with Crippen LogP contribution in [-0.4, -0.2) is 19.9 Å². The molecule has 0 atom stereocenters. The molecule has 0 aliphatic heterocycles. The maximum absolute atomic E-state index is 9.44. The Morgan fingerprint density at radius 1 is 1.43 bits per heavy atom. The molecule has 0 aliphatic carbocycles. The zero-order chi connectivity index (χ0) is 16.6. The van der Waals surface area contributed by atoms with Crippen LogP contribution in [0.2, 0.25) is 0 Å². The van der Waals surface area contributed by atoms with Gasteiger partial charge >= 0.3 is 0 Å². The fourth-order valence-electron chi connectivity index (χ4n) is 2.54. The van der Waals surface area contributed by atoms with Crippen molar-refractivity contribution in [1.82, 2.24) is 14.8 Å². The predicted molar refractivity (Wildman–Crippen MR) is 83.9 cm³/mol. The Balaban J connectivity index is 2.28. The quantitative estimate of drug-likeness (QED) is 0.764. The highest BCUT2D eigenvalue weighted by Crippen LogP contribution is 2.36. The number of nitriles is 1. The zero-order valence-corrected chi connectivity index (χ0v) is 12.7. The summed E-state index contributed by atoms with van der Waals surface area (Å²) in [5, 5.41) is 22.8. The van der Waals surface area contributed by atoms with Crippen LogP contribution in [0.4, 0.5) is 5.82 Å². The van der Waals surface area contributed by atoms with Crippen molar-refractivity contribution in [2.24, 2.45) is 7.05 Å². The Kier molecular flexibility index (Phi) is 3.60. The van der Waals surface area contributed by atoms with Gasteiger partial charge in [0.15, 0.2) is 0 Å². The maximum Gasteiger partial charge on any atom is 0.142 e. The van der Waals surface area contributed by atoms with E-state index in [1.165, 1.54) is 0 Å². The van der Waals surface area contributed by atoms with Gasteiger partial charge in [-0.3, -0.25) is 4.68 Å². The highest BCUT2D eigenvalue weighted by atomic mass is 16.4. The first-order chi connectivity index (χ1) is 11.0. The molecule has 7 nitrogen and oxygen atoms in total. The molecule has 0 aromatic carbocycles. The van der Waals surface area contributed by atoms with Crippen molar-refractivity contribution in [2.45, 2.75) is 13.5 Å². The number of aliphatic hydroxyl groups is 1. The summed E-state index contributed by atoms with van der Waals surface area (Å²) in [6.45, 7) is 1.64. The number of aliphatic hydroxyl groups excluding tert-OH is 1. The fraction of sp³-hybridized carbons (Fsp3) is 0.188. The molecule has 23 heavy (non-hydrogen) atoms. The molecule has 3 N–H and O–H groups in total. The van der Waals surface area contributed by atoms with E-state index in [0.717, 1.165) is 11.1 Å². The Labute approximate surface area is 132 Å². The summed E-state index contributed by atoms with van der Waals surface area (Å²) < 4.78 is 7.26. The highest BCUT2D eigenvalue weighted by molar-refractivity contribution is 5.81. The summed E-state index contributed by atoms with van der Waals surface area (Å²) in [6.07, 6.45) is 3.51. The zero-order valence-electron chi connectivity index (χ0n) is 12.7. The number of hydrogen-bond acceptors (Lipinski definition) is 6. The monoisotopic (exact) mass is 309 g/mol. The highest BCUT2D eigenvalue weighted by Gasteiger charge is 2.21. The average molecular weight is 309 g/mol. The minimum Gasteiger partial charge on any atom is -0.459 e. The molecule has 0 fully saturated rings. The lowest BCUT2D eigenvalue weighted by atomic mass is 9.97. The number of aryl methyl sites for hydroxylation is 1. The molecule has 3 rings (SSSR count). The Hall–Kier alpha value is -3.11. The molecule has 0 saturated carbocycles. The first-order valence-electron chi connectivity index (χ1n) is 6.94. The van der Waals surface area contributed by atoms with Crippen molar-refractivity contribution >= 4 is 5.82 Å². The van der Waals surface area contributed by atoms with Gasteiger partial charge in [-0.25, -0.2) is 4.98 Å². The minimum absolute atomic E-state index is 0.133. The second kappa shape index (κ2) is 5.59. The summed E-state index contributed by atoms with van der Waals surface area (Å²) in [7, 11) is 1.81. The number of nitrogen functional groups attached to an aromatic ring is 1. The Bertz CT molecular complexity index is 917. The molecule has 0 amide bonds. The van der Waals surface area contributed by atoms with Gasteiger partial charge in [-0.05, 0) is 24.6 Å². The lowest BCUT2D eigenvalue weighted by Gasteiger charge is -2.12. The molecule has 0 spiro atoms. The molecule has 0 bridgehead atoms. The van der Waals surface area contributed by atoms with Crippen LogP contribution in [0.5, 0.6) is 0 Å². The van der Waals surface area contributed by atoms with Crippen LogP contribution in [-0.2, 0) is 13.7 Å². The van der Waals surface area contributed by atoms with Crippen LogP contribution in [0.25, 0.3) is 22.6 Å². The Morgan fingerprint density at radius 3 is 2.78 bits per heavy atom. The van der Waals surface area contributed by atoms with Gasteiger partial charge in [0.05, 0.1) is 11.9 Å². The summed E-state index contributed by atoms with van der Waals surface area (Å²) in [6, 6.07) is 5.46. The largest absolute Gasteiger partial charge is 0.459 e. The lowest BCUT2D eigenvalue weighted by Crippen LogP contribution is -2.02. The molecule has 116 valence electrons. The molecule has 3 aromatic rings. The predicted octanol–water partition coefficient (Wildman–Crippen LogP) is 2.00. The molecule has 0 radical (unpaired) electrons. The van der Waals surface area contributed by atoms with Gasteiger partial charge in [-0.1, -0.05) is 0 Å². The molecule has 7 heteroatoms. The number of nitrogens with zero attached hydrogens (tertiary/aromatic N) is 4. The molecule has 0 unspecified atom stereocenters. The van der Waals surface area contributed by atoms with Gasteiger partial charge in [0.1, 0.15) is 35.6 Å². The van der Waals surface area contributed by atoms with Crippen molar-refractivity contribution in [3.8, 4) is 28.7 Å². The molecular weight excluding hydrogens is 294 g/mol.